The van der Waals surface area contributed by atoms with E-state index >= 15 is 0 Å². The van der Waals surface area contributed by atoms with Gasteiger partial charge in [0.2, 0.25) is 0 Å². The predicted octanol–water partition coefficient (Wildman–Crippen LogP) is 4.26. The molecule has 1 fully saturated rings. The lowest BCUT2D eigenvalue weighted by atomic mass is 9.68. The summed E-state index contributed by atoms with van der Waals surface area (Å²) >= 11 is 5.33. The average molecular weight is 288 g/mol. The van der Waals surface area contributed by atoms with Crippen molar-refractivity contribution in [2.45, 2.75) is 45.1 Å². The Labute approximate surface area is 104 Å². The molecular formula is C12H18BrNS. The Bertz CT molecular complexity index is 346. The van der Waals surface area contributed by atoms with Crippen LogP contribution in [0.2, 0.25) is 0 Å². The van der Waals surface area contributed by atoms with Crippen LogP contribution in [0.4, 0.5) is 0 Å². The van der Waals surface area contributed by atoms with Gasteiger partial charge in [0.1, 0.15) is 0 Å². The van der Waals surface area contributed by atoms with Crippen LogP contribution in [0.15, 0.2) is 15.2 Å². The summed E-state index contributed by atoms with van der Waals surface area (Å²) in [6.07, 6.45) is 4.67. The maximum Gasteiger partial charge on any atom is 0.0429 e. The molecule has 0 saturated heterocycles. The van der Waals surface area contributed by atoms with Crippen LogP contribution in [0, 0.1) is 5.41 Å². The van der Waals surface area contributed by atoms with Crippen LogP contribution in [0.1, 0.15) is 45.1 Å². The molecule has 15 heavy (non-hydrogen) atoms. The van der Waals surface area contributed by atoms with Crippen molar-refractivity contribution in [3.63, 3.8) is 0 Å². The van der Waals surface area contributed by atoms with Crippen LogP contribution in [-0.2, 0) is 5.54 Å². The van der Waals surface area contributed by atoms with Crippen LogP contribution in [0.5, 0.6) is 0 Å². The van der Waals surface area contributed by atoms with Gasteiger partial charge < -0.3 is 5.73 Å². The Morgan fingerprint density at radius 2 is 1.80 bits per heavy atom. The topological polar surface area (TPSA) is 26.0 Å². The normalized spacial score (nSPS) is 24.0. The van der Waals surface area contributed by atoms with Crippen LogP contribution < -0.4 is 5.73 Å². The average Bonchev–Trinajstić information content (AvgIpc) is 2.58. The van der Waals surface area contributed by atoms with Gasteiger partial charge in [0.15, 0.2) is 0 Å². The Morgan fingerprint density at radius 3 is 2.27 bits per heavy atom. The summed E-state index contributed by atoms with van der Waals surface area (Å²) < 4.78 is 1.19. The lowest BCUT2D eigenvalue weighted by molar-refractivity contribution is 0.165. The molecule has 2 rings (SSSR count). The zero-order valence-electron chi connectivity index (χ0n) is 9.35. The van der Waals surface area contributed by atoms with E-state index in [-0.39, 0.29) is 5.54 Å². The second kappa shape index (κ2) is 3.86. The standard InChI is InChI=1S/C12H18BrNS/c1-11(2)3-5-12(14,6-4-11)9-7-15-8-10(9)13/h7-8H,3-6,14H2,1-2H3. The third kappa shape index (κ3) is 2.29. The zero-order chi connectivity index (χ0) is 11.1. The van der Waals surface area contributed by atoms with Crippen LogP contribution in [0.3, 0.4) is 0 Å². The minimum Gasteiger partial charge on any atom is -0.321 e. The highest BCUT2D eigenvalue weighted by atomic mass is 79.9. The van der Waals surface area contributed by atoms with Gasteiger partial charge in [0.25, 0.3) is 0 Å². The molecule has 0 aromatic carbocycles. The van der Waals surface area contributed by atoms with E-state index in [0.29, 0.717) is 5.41 Å². The fourth-order valence-electron chi connectivity index (χ4n) is 2.28. The summed E-state index contributed by atoms with van der Waals surface area (Å²) in [5.41, 5.74) is 8.22. The fraction of sp³-hybridized carbons (Fsp3) is 0.667. The van der Waals surface area contributed by atoms with Crippen molar-refractivity contribution in [2.75, 3.05) is 0 Å². The van der Waals surface area contributed by atoms with Crippen molar-refractivity contribution in [2.24, 2.45) is 11.1 Å². The molecular weight excluding hydrogens is 270 g/mol. The summed E-state index contributed by atoms with van der Waals surface area (Å²) in [6.45, 7) is 4.69. The Kier molecular flexibility index (Phi) is 2.99. The van der Waals surface area contributed by atoms with Gasteiger partial charge >= 0.3 is 0 Å². The van der Waals surface area contributed by atoms with Gasteiger partial charge in [-0.15, -0.1) is 0 Å². The molecule has 1 aromatic rings. The van der Waals surface area contributed by atoms with E-state index in [1.165, 1.54) is 22.9 Å². The minimum atomic E-state index is -0.0889. The van der Waals surface area contributed by atoms with E-state index < -0.39 is 0 Å². The molecule has 0 bridgehead atoms. The molecule has 1 aromatic heterocycles. The lowest BCUT2D eigenvalue weighted by Crippen LogP contribution is -2.42. The molecule has 0 aliphatic heterocycles. The molecule has 0 unspecified atom stereocenters. The lowest BCUT2D eigenvalue weighted by Gasteiger charge is -2.41. The van der Waals surface area contributed by atoms with Crippen molar-refractivity contribution >= 4 is 27.3 Å². The molecule has 84 valence electrons. The molecule has 3 heteroatoms. The van der Waals surface area contributed by atoms with E-state index in [0.717, 1.165) is 12.8 Å². The van der Waals surface area contributed by atoms with Crippen molar-refractivity contribution in [3.05, 3.63) is 20.8 Å². The number of nitrogens with two attached hydrogens (primary N) is 1. The Balaban J connectivity index is 2.20. The summed E-state index contributed by atoms with van der Waals surface area (Å²) in [4.78, 5) is 0. The third-order valence-electron chi connectivity index (χ3n) is 3.65. The number of halogens is 1. The first-order valence-corrected chi connectivity index (χ1v) is 7.18. The largest absolute Gasteiger partial charge is 0.321 e. The number of hydrogen-bond donors (Lipinski definition) is 1. The molecule has 1 nitrogen and oxygen atoms in total. The highest BCUT2D eigenvalue weighted by molar-refractivity contribution is 9.10. The molecule has 0 spiro atoms. The molecule has 1 heterocycles. The van der Waals surface area contributed by atoms with Gasteiger partial charge in [0.05, 0.1) is 0 Å². The molecule has 1 aliphatic carbocycles. The van der Waals surface area contributed by atoms with Crippen LogP contribution in [-0.4, -0.2) is 0 Å². The van der Waals surface area contributed by atoms with E-state index in [9.17, 15) is 0 Å². The molecule has 0 atom stereocenters. The van der Waals surface area contributed by atoms with E-state index in [2.05, 4.69) is 40.5 Å². The van der Waals surface area contributed by atoms with E-state index in [1.807, 2.05) is 0 Å². The maximum absolute atomic E-state index is 6.52. The molecule has 2 N–H and O–H groups in total. The molecule has 1 saturated carbocycles. The van der Waals surface area contributed by atoms with E-state index in [1.54, 1.807) is 11.3 Å². The predicted molar refractivity (Wildman–Crippen MR) is 70.1 cm³/mol. The van der Waals surface area contributed by atoms with Gasteiger partial charge in [-0.1, -0.05) is 13.8 Å². The van der Waals surface area contributed by atoms with Crippen molar-refractivity contribution in [1.29, 1.82) is 0 Å². The number of hydrogen-bond acceptors (Lipinski definition) is 2. The first kappa shape index (κ1) is 11.6. The highest BCUT2D eigenvalue weighted by Crippen LogP contribution is 2.45. The first-order valence-electron chi connectivity index (χ1n) is 5.44. The molecule has 1 aliphatic rings. The summed E-state index contributed by atoms with van der Waals surface area (Å²) in [7, 11) is 0. The SMILES string of the molecule is CC1(C)CCC(N)(c2cscc2Br)CC1. The molecule has 0 radical (unpaired) electrons. The highest BCUT2D eigenvalue weighted by Gasteiger charge is 2.37. The Hall–Kier alpha value is 0.140. The Morgan fingerprint density at radius 1 is 1.20 bits per heavy atom. The van der Waals surface area contributed by atoms with Gasteiger partial charge in [-0.3, -0.25) is 0 Å². The number of rotatable bonds is 1. The number of thiophene rings is 1. The van der Waals surface area contributed by atoms with Crippen LogP contribution in [0.25, 0.3) is 0 Å². The summed E-state index contributed by atoms with van der Waals surface area (Å²) in [6, 6.07) is 0. The summed E-state index contributed by atoms with van der Waals surface area (Å²) in [5.74, 6) is 0. The second-order valence-corrected chi connectivity index (χ2v) is 7.05. The third-order valence-corrected chi connectivity index (χ3v) is 5.35. The first-order chi connectivity index (χ1) is 6.93. The smallest absolute Gasteiger partial charge is 0.0429 e. The van der Waals surface area contributed by atoms with Gasteiger partial charge in [-0.2, -0.15) is 11.3 Å². The van der Waals surface area contributed by atoms with Crippen molar-refractivity contribution in [1.82, 2.24) is 0 Å². The minimum absolute atomic E-state index is 0.0889. The zero-order valence-corrected chi connectivity index (χ0v) is 11.7. The quantitative estimate of drug-likeness (QED) is 0.820. The maximum atomic E-state index is 6.52. The molecule has 0 amide bonds. The second-order valence-electron chi connectivity index (χ2n) is 5.45. The van der Waals surface area contributed by atoms with Crippen LogP contribution >= 0.6 is 27.3 Å². The van der Waals surface area contributed by atoms with Crippen molar-refractivity contribution in [3.8, 4) is 0 Å². The van der Waals surface area contributed by atoms with Crippen molar-refractivity contribution < 1.29 is 0 Å². The van der Waals surface area contributed by atoms with E-state index in [4.69, 9.17) is 5.73 Å². The van der Waals surface area contributed by atoms with Gasteiger partial charge in [0, 0.05) is 15.4 Å². The van der Waals surface area contributed by atoms with Gasteiger partial charge in [-0.25, -0.2) is 0 Å². The summed E-state index contributed by atoms with van der Waals surface area (Å²) in [5, 5.41) is 4.33. The fourth-order valence-corrected chi connectivity index (χ4v) is 4.08. The van der Waals surface area contributed by atoms with Gasteiger partial charge in [-0.05, 0) is 58.0 Å². The monoisotopic (exact) mass is 287 g/mol.